The Labute approximate surface area is 126 Å². The molecule has 1 aromatic carbocycles. The van der Waals surface area contributed by atoms with Crippen molar-refractivity contribution in [2.45, 2.75) is 44.3 Å². The minimum atomic E-state index is 0.352. The molecule has 1 aromatic heterocycles. The van der Waals surface area contributed by atoms with E-state index in [1.165, 1.54) is 18.4 Å². The van der Waals surface area contributed by atoms with Crippen molar-refractivity contribution in [3.05, 3.63) is 60.1 Å². The van der Waals surface area contributed by atoms with Crippen LogP contribution in [0, 0.1) is 0 Å². The summed E-state index contributed by atoms with van der Waals surface area (Å²) < 4.78 is 5.54. The molecule has 0 saturated heterocycles. The second-order valence-electron chi connectivity index (χ2n) is 5.99. The van der Waals surface area contributed by atoms with Gasteiger partial charge in [-0.1, -0.05) is 37.3 Å². The summed E-state index contributed by atoms with van der Waals surface area (Å²) in [5.74, 6) is 1.45. The summed E-state index contributed by atoms with van der Waals surface area (Å²) in [4.78, 5) is 2.54. The molecule has 1 heterocycles. The van der Waals surface area contributed by atoms with Crippen molar-refractivity contribution in [3.8, 4) is 0 Å². The Kier molecular flexibility index (Phi) is 4.42. The molecule has 1 aliphatic carbocycles. The predicted octanol–water partition coefficient (Wildman–Crippen LogP) is 3.38. The second-order valence-corrected chi connectivity index (χ2v) is 5.99. The van der Waals surface area contributed by atoms with Crippen LogP contribution in [0.15, 0.2) is 53.1 Å². The van der Waals surface area contributed by atoms with E-state index in [0.29, 0.717) is 24.5 Å². The molecule has 3 nitrogen and oxygen atoms in total. The minimum Gasteiger partial charge on any atom is -0.468 e. The average molecular weight is 284 g/mol. The summed E-state index contributed by atoms with van der Waals surface area (Å²) in [5, 5.41) is 0. The quantitative estimate of drug-likeness (QED) is 0.847. The van der Waals surface area contributed by atoms with Crippen LogP contribution in [0.3, 0.4) is 0 Å². The lowest BCUT2D eigenvalue weighted by Gasteiger charge is -2.35. The van der Waals surface area contributed by atoms with E-state index in [0.717, 1.165) is 12.3 Å². The molecular weight excluding hydrogens is 260 g/mol. The number of benzene rings is 1. The monoisotopic (exact) mass is 284 g/mol. The average Bonchev–Trinajstić information content (AvgIpc) is 3.25. The zero-order valence-electron chi connectivity index (χ0n) is 12.6. The highest BCUT2D eigenvalue weighted by Crippen LogP contribution is 2.34. The summed E-state index contributed by atoms with van der Waals surface area (Å²) in [7, 11) is 0. The van der Waals surface area contributed by atoms with E-state index in [9.17, 15) is 0 Å². The summed E-state index contributed by atoms with van der Waals surface area (Å²) >= 11 is 0. The van der Waals surface area contributed by atoms with Crippen LogP contribution < -0.4 is 5.73 Å². The first-order valence-corrected chi connectivity index (χ1v) is 7.82. The lowest BCUT2D eigenvalue weighted by Crippen LogP contribution is -2.44. The molecule has 3 heteroatoms. The molecule has 1 aliphatic rings. The molecule has 2 aromatic rings. The van der Waals surface area contributed by atoms with Crippen molar-refractivity contribution < 1.29 is 4.42 Å². The predicted molar refractivity (Wildman–Crippen MR) is 85.0 cm³/mol. The van der Waals surface area contributed by atoms with E-state index in [1.807, 2.05) is 6.07 Å². The molecule has 0 radical (unpaired) electrons. The van der Waals surface area contributed by atoms with Crippen LogP contribution in [-0.2, 0) is 6.54 Å². The zero-order valence-corrected chi connectivity index (χ0v) is 12.6. The summed E-state index contributed by atoms with van der Waals surface area (Å²) in [6.07, 6.45) is 4.30. The van der Waals surface area contributed by atoms with E-state index in [1.54, 1.807) is 6.26 Å². The highest BCUT2D eigenvalue weighted by atomic mass is 16.3. The van der Waals surface area contributed by atoms with E-state index >= 15 is 0 Å². The molecule has 2 atom stereocenters. The first kappa shape index (κ1) is 14.4. The van der Waals surface area contributed by atoms with Crippen LogP contribution in [-0.4, -0.2) is 23.5 Å². The molecule has 0 amide bonds. The van der Waals surface area contributed by atoms with Gasteiger partial charge in [0.05, 0.1) is 12.8 Å². The Morgan fingerprint density at radius 3 is 2.52 bits per heavy atom. The first-order chi connectivity index (χ1) is 10.3. The van der Waals surface area contributed by atoms with Gasteiger partial charge < -0.3 is 10.2 Å². The molecule has 1 saturated carbocycles. The van der Waals surface area contributed by atoms with Gasteiger partial charge >= 0.3 is 0 Å². The Morgan fingerprint density at radius 2 is 1.95 bits per heavy atom. The normalized spacial score (nSPS) is 17.9. The molecule has 3 rings (SSSR count). The van der Waals surface area contributed by atoms with Gasteiger partial charge in [0.2, 0.25) is 0 Å². The smallest absolute Gasteiger partial charge is 0.117 e. The lowest BCUT2D eigenvalue weighted by molar-refractivity contribution is 0.149. The number of hydrogen-bond donors (Lipinski definition) is 1. The number of rotatable bonds is 7. The summed E-state index contributed by atoms with van der Waals surface area (Å²) in [5.41, 5.74) is 7.49. The Balaban J connectivity index is 1.78. The van der Waals surface area contributed by atoms with Crippen LogP contribution in [0.4, 0.5) is 0 Å². The van der Waals surface area contributed by atoms with Gasteiger partial charge in [0.25, 0.3) is 0 Å². The van der Waals surface area contributed by atoms with Gasteiger partial charge in [-0.25, -0.2) is 0 Å². The maximum Gasteiger partial charge on any atom is 0.117 e. The fraction of sp³-hybridized carbons (Fsp3) is 0.444. The van der Waals surface area contributed by atoms with Crippen LogP contribution >= 0.6 is 0 Å². The third kappa shape index (κ3) is 3.36. The molecule has 2 N–H and O–H groups in total. The molecule has 2 unspecified atom stereocenters. The molecule has 112 valence electrons. The number of hydrogen-bond acceptors (Lipinski definition) is 3. The van der Waals surface area contributed by atoms with Gasteiger partial charge in [-0.05, 0) is 36.5 Å². The van der Waals surface area contributed by atoms with Crippen molar-refractivity contribution >= 4 is 0 Å². The highest BCUT2D eigenvalue weighted by Gasteiger charge is 2.36. The highest BCUT2D eigenvalue weighted by molar-refractivity contribution is 5.21. The van der Waals surface area contributed by atoms with Gasteiger partial charge in [0.15, 0.2) is 0 Å². The number of nitrogens with two attached hydrogens (primary N) is 1. The van der Waals surface area contributed by atoms with Crippen molar-refractivity contribution in [2.24, 2.45) is 5.73 Å². The maximum atomic E-state index is 6.13. The molecule has 0 bridgehead atoms. The topological polar surface area (TPSA) is 42.4 Å². The minimum absolute atomic E-state index is 0.352. The van der Waals surface area contributed by atoms with Crippen LogP contribution in [0.25, 0.3) is 0 Å². The van der Waals surface area contributed by atoms with Crippen molar-refractivity contribution in [2.75, 3.05) is 6.54 Å². The van der Waals surface area contributed by atoms with Crippen LogP contribution in [0.2, 0.25) is 0 Å². The van der Waals surface area contributed by atoms with Gasteiger partial charge in [0, 0.05) is 18.6 Å². The van der Waals surface area contributed by atoms with E-state index in [4.69, 9.17) is 10.2 Å². The van der Waals surface area contributed by atoms with E-state index < -0.39 is 0 Å². The zero-order chi connectivity index (χ0) is 14.7. The third-order valence-electron chi connectivity index (χ3n) is 4.50. The van der Waals surface area contributed by atoms with Crippen LogP contribution in [0.1, 0.15) is 37.0 Å². The van der Waals surface area contributed by atoms with Crippen molar-refractivity contribution in [1.29, 1.82) is 0 Å². The largest absolute Gasteiger partial charge is 0.468 e. The Bertz CT molecular complexity index is 534. The van der Waals surface area contributed by atoms with Gasteiger partial charge in [-0.15, -0.1) is 0 Å². The molecule has 0 aliphatic heterocycles. The van der Waals surface area contributed by atoms with Gasteiger partial charge in [-0.3, -0.25) is 4.90 Å². The molecule has 1 fully saturated rings. The van der Waals surface area contributed by atoms with Crippen molar-refractivity contribution in [1.82, 2.24) is 4.90 Å². The molecule has 21 heavy (non-hydrogen) atoms. The maximum absolute atomic E-state index is 6.13. The third-order valence-corrected chi connectivity index (χ3v) is 4.50. The number of furan rings is 1. The lowest BCUT2D eigenvalue weighted by atomic mass is 9.92. The van der Waals surface area contributed by atoms with Gasteiger partial charge in [-0.2, -0.15) is 0 Å². The SMILES string of the molecule is CC(c1ccccc1)C(CN)N(Cc1ccco1)C1CC1. The first-order valence-electron chi connectivity index (χ1n) is 7.82. The Hall–Kier alpha value is -1.58. The molecule has 0 spiro atoms. The summed E-state index contributed by atoms with van der Waals surface area (Å²) in [6, 6.07) is 15.7. The van der Waals surface area contributed by atoms with Crippen LogP contribution in [0.5, 0.6) is 0 Å². The summed E-state index contributed by atoms with van der Waals surface area (Å²) in [6.45, 7) is 3.81. The van der Waals surface area contributed by atoms with Crippen molar-refractivity contribution in [3.63, 3.8) is 0 Å². The fourth-order valence-electron chi connectivity index (χ4n) is 3.11. The molecular formula is C18H24N2O. The standard InChI is InChI=1S/C18H24N2O/c1-14(15-6-3-2-4-7-15)18(12-19)20(16-9-10-16)13-17-8-5-11-21-17/h2-8,11,14,16,18H,9-10,12-13,19H2,1H3. The van der Waals surface area contributed by atoms with E-state index in [2.05, 4.69) is 48.2 Å². The Morgan fingerprint density at radius 1 is 1.19 bits per heavy atom. The van der Waals surface area contributed by atoms with Gasteiger partial charge in [0.1, 0.15) is 5.76 Å². The van der Waals surface area contributed by atoms with E-state index in [-0.39, 0.29) is 0 Å². The fourth-order valence-corrected chi connectivity index (χ4v) is 3.11. The second kappa shape index (κ2) is 6.46. The number of nitrogens with zero attached hydrogens (tertiary/aromatic N) is 1.